The summed E-state index contributed by atoms with van der Waals surface area (Å²) in [6.45, 7) is 3.05. The van der Waals surface area contributed by atoms with Gasteiger partial charge in [0, 0.05) is 37.2 Å². The standard InChI is InChI=1S/C13H17N5O2/c1-19-13-14-6-10(7-15-13)8-18-4-5-20-9-12(18)11-2-3-16-17-11/h2-3,6-7,12H,4-5,8-9H2,1H3,(H,16,17). The molecule has 106 valence electrons. The van der Waals surface area contributed by atoms with Crippen molar-refractivity contribution >= 4 is 0 Å². The second kappa shape index (κ2) is 5.98. The molecule has 3 heterocycles. The summed E-state index contributed by atoms with van der Waals surface area (Å²) >= 11 is 0. The maximum absolute atomic E-state index is 5.57. The molecule has 0 amide bonds. The molecule has 20 heavy (non-hydrogen) atoms. The summed E-state index contributed by atoms with van der Waals surface area (Å²) in [5, 5.41) is 7.03. The van der Waals surface area contributed by atoms with Gasteiger partial charge in [0.2, 0.25) is 0 Å². The molecule has 1 aliphatic rings. The SMILES string of the molecule is COc1ncc(CN2CCOCC2c2ccn[nH]2)cn1. The Morgan fingerprint density at radius 2 is 2.30 bits per heavy atom. The van der Waals surface area contributed by atoms with Crippen LogP contribution in [0.1, 0.15) is 17.3 Å². The van der Waals surface area contributed by atoms with Crippen LogP contribution in [0.5, 0.6) is 6.01 Å². The molecule has 1 saturated heterocycles. The van der Waals surface area contributed by atoms with Crippen LogP contribution in [0.2, 0.25) is 0 Å². The molecule has 7 nitrogen and oxygen atoms in total. The predicted octanol–water partition coefficient (Wildman–Crippen LogP) is 0.782. The second-order valence-electron chi connectivity index (χ2n) is 4.65. The molecule has 0 aromatic carbocycles. The number of aromatic amines is 1. The average Bonchev–Trinajstić information content (AvgIpc) is 3.03. The highest BCUT2D eigenvalue weighted by molar-refractivity contribution is 5.11. The number of nitrogens with one attached hydrogen (secondary N) is 1. The molecule has 3 rings (SSSR count). The van der Waals surface area contributed by atoms with Gasteiger partial charge in [0.15, 0.2) is 0 Å². The van der Waals surface area contributed by atoms with Crippen LogP contribution in [-0.2, 0) is 11.3 Å². The Bertz CT molecular complexity index is 528. The monoisotopic (exact) mass is 275 g/mol. The van der Waals surface area contributed by atoms with Crippen molar-refractivity contribution in [2.45, 2.75) is 12.6 Å². The van der Waals surface area contributed by atoms with Crippen LogP contribution in [0.25, 0.3) is 0 Å². The number of nitrogens with zero attached hydrogens (tertiary/aromatic N) is 4. The summed E-state index contributed by atoms with van der Waals surface area (Å²) in [6.07, 6.45) is 5.36. The highest BCUT2D eigenvalue weighted by atomic mass is 16.5. The molecule has 2 aromatic rings. The van der Waals surface area contributed by atoms with E-state index in [-0.39, 0.29) is 6.04 Å². The van der Waals surface area contributed by atoms with E-state index in [4.69, 9.17) is 9.47 Å². The van der Waals surface area contributed by atoms with Crippen LogP contribution in [-0.4, -0.2) is 51.9 Å². The smallest absolute Gasteiger partial charge is 0.316 e. The number of ether oxygens (including phenoxy) is 2. The summed E-state index contributed by atoms with van der Waals surface area (Å²) in [6, 6.07) is 2.56. The third-order valence-electron chi connectivity index (χ3n) is 3.37. The van der Waals surface area contributed by atoms with E-state index in [1.54, 1.807) is 25.7 Å². The van der Waals surface area contributed by atoms with E-state index in [0.717, 1.165) is 31.0 Å². The van der Waals surface area contributed by atoms with E-state index in [2.05, 4.69) is 25.1 Å². The zero-order chi connectivity index (χ0) is 13.8. The summed E-state index contributed by atoms with van der Waals surface area (Å²) in [5.41, 5.74) is 2.12. The normalized spacial score (nSPS) is 19.9. The lowest BCUT2D eigenvalue weighted by molar-refractivity contribution is -0.0143. The predicted molar refractivity (Wildman–Crippen MR) is 71.1 cm³/mol. The van der Waals surface area contributed by atoms with Gasteiger partial charge in [-0.3, -0.25) is 10.00 Å². The molecule has 0 saturated carbocycles. The minimum atomic E-state index is 0.188. The molecular weight excluding hydrogens is 258 g/mol. The summed E-state index contributed by atoms with van der Waals surface area (Å²) in [4.78, 5) is 10.6. The molecule has 1 atom stereocenters. The second-order valence-corrected chi connectivity index (χ2v) is 4.65. The number of hydrogen-bond acceptors (Lipinski definition) is 6. The lowest BCUT2D eigenvalue weighted by Crippen LogP contribution is -2.39. The lowest BCUT2D eigenvalue weighted by atomic mass is 10.1. The highest BCUT2D eigenvalue weighted by Gasteiger charge is 2.25. The van der Waals surface area contributed by atoms with Crippen molar-refractivity contribution in [3.8, 4) is 6.01 Å². The number of hydrogen-bond donors (Lipinski definition) is 1. The molecule has 1 aliphatic heterocycles. The maximum atomic E-state index is 5.57. The maximum Gasteiger partial charge on any atom is 0.316 e. The van der Waals surface area contributed by atoms with Crippen molar-refractivity contribution in [2.24, 2.45) is 0 Å². The Balaban J connectivity index is 1.73. The average molecular weight is 275 g/mol. The Hall–Kier alpha value is -1.99. The molecule has 0 bridgehead atoms. The molecule has 0 aliphatic carbocycles. The Labute approximate surface area is 116 Å². The van der Waals surface area contributed by atoms with E-state index < -0.39 is 0 Å². The van der Waals surface area contributed by atoms with Gasteiger partial charge in [0.05, 0.1) is 32.1 Å². The van der Waals surface area contributed by atoms with Gasteiger partial charge in [-0.15, -0.1) is 0 Å². The van der Waals surface area contributed by atoms with Crippen molar-refractivity contribution in [2.75, 3.05) is 26.9 Å². The largest absolute Gasteiger partial charge is 0.467 e. The Kier molecular flexibility index (Phi) is 3.89. The zero-order valence-electron chi connectivity index (χ0n) is 11.3. The molecular formula is C13H17N5O2. The molecule has 0 radical (unpaired) electrons. The highest BCUT2D eigenvalue weighted by Crippen LogP contribution is 2.24. The Morgan fingerprint density at radius 3 is 3.00 bits per heavy atom. The van der Waals surface area contributed by atoms with Crippen LogP contribution in [0.4, 0.5) is 0 Å². The van der Waals surface area contributed by atoms with Crippen molar-refractivity contribution in [1.29, 1.82) is 0 Å². The van der Waals surface area contributed by atoms with Crippen LogP contribution < -0.4 is 4.74 Å². The van der Waals surface area contributed by atoms with E-state index in [0.29, 0.717) is 12.6 Å². The molecule has 1 fully saturated rings. The fourth-order valence-electron chi connectivity index (χ4n) is 2.33. The molecule has 2 aromatic heterocycles. The van der Waals surface area contributed by atoms with Crippen LogP contribution in [0.15, 0.2) is 24.7 Å². The van der Waals surface area contributed by atoms with Gasteiger partial charge in [-0.05, 0) is 6.07 Å². The van der Waals surface area contributed by atoms with Crippen molar-refractivity contribution in [1.82, 2.24) is 25.1 Å². The molecule has 7 heteroatoms. The van der Waals surface area contributed by atoms with Gasteiger partial charge in [0.25, 0.3) is 0 Å². The molecule has 1 unspecified atom stereocenters. The number of morpholine rings is 1. The third-order valence-corrected chi connectivity index (χ3v) is 3.37. The van der Waals surface area contributed by atoms with Crippen molar-refractivity contribution in [3.63, 3.8) is 0 Å². The summed E-state index contributed by atoms with van der Waals surface area (Å²) < 4.78 is 10.5. The topological polar surface area (TPSA) is 76.2 Å². The summed E-state index contributed by atoms with van der Waals surface area (Å²) in [5.74, 6) is 0. The van der Waals surface area contributed by atoms with Crippen LogP contribution in [0.3, 0.4) is 0 Å². The number of rotatable bonds is 4. The minimum absolute atomic E-state index is 0.188. The fraction of sp³-hybridized carbons (Fsp3) is 0.462. The first-order valence-electron chi connectivity index (χ1n) is 6.53. The van der Waals surface area contributed by atoms with Gasteiger partial charge in [-0.25, -0.2) is 9.97 Å². The quantitative estimate of drug-likeness (QED) is 0.888. The first-order chi connectivity index (χ1) is 9.86. The first-order valence-corrected chi connectivity index (χ1v) is 6.53. The fourth-order valence-corrected chi connectivity index (χ4v) is 2.33. The van der Waals surface area contributed by atoms with Gasteiger partial charge in [-0.2, -0.15) is 5.10 Å². The van der Waals surface area contributed by atoms with E-state index in [9.17, 15) is 0 Å². The zero-order valence-corrected chi connectivity index (χ0v) is 11.3. The summed E-state index contributed by atoms with van der Waals surface area (Å²) in [7, 11) is 1.56. The lowest BCUT2D eigenvalue weighted by Gasteiger charge is -2.34. The number of H-pyrrole nitrogens is 1. The number of methoxy groups -OCH3 is 1. The van der Waals surface area contributed by atoms with Crippen molar-refractivity contribution in [3.05, 3.63) is 35.9 Å². The third kappa shape index (κ3) is 2.78. The van der Waals surface area contributed by atoms with Crippen LogP contribution in [0, 0.1) is 0 Å². The van der Waals surface area contributed by atoms with E-state index >= 15 is 0 Å². The van der Waals surface area contributed by atoms with Gasteiger partial charge >= 0.3 is 6.01 Å². The van der Waals surface area contributed by atoms with Gasteiger partial charge in [0.1, 0.15) is 0 Å². The van der Waals surface area contributed by atoms with E-state index in [1.165, 1.54) is 0 Å². The first kappa shape index (κ1) is 13.0. The van der Waals surface area contributed by atoms with E-state index in [1.807, 2.05) is 6.07 Å². The number of aromatic nitrogens is 4. The van der Waals surface area contributed by atoms with Crippen LogP contribution >= 0.6 is 0 Å². The Morgan fingerprint density at radius 1 is 1.45 bits per heavy atom. The molecule has 1 N–H and O–H groups in total. The van der Waals surface area contributed by atoms with Gasteiger partial charge < -0.3 is 9.47 Å². The minimum Gasteiger partial charge on any atom is -0.467 e. The van der Waals surface area contributed by atoms with Gasteiger partial charge in [-0.1, -0.05) is 0 Å². The van der Waals surface area contributed by atoms with Crippen molar-refractivity contribution < 1.29 is 9.47 Å². The molecule has 0 spiro atoms.